The third-order valence-corrected chi connectivity index (χ3v) is 2.97. The Kier molecular flexibility index (Phi) is 4.41. The highest BCUT2D eigenvalue weighted by Crippen LogP contribution is 2.37. The Balaban J connectivity index is 2.45. The second-order valence-corrected chi connectivity index (χ2v) is 5.19. The number of halogens is 3. The lowest BCUT2D eigenvalue weighted by atomic mass is 10.1. The van der Waals surface area contributed by atoms with Gasteiger partial charge in [-0.1, -0.05) is 13.8 Å². The van der Waals surface area contributed by atoms with Crippen LogP contribution < -0.4 is 5.32 Å². The van der Waals surface area contributed by atoms with Gasteiger partial charge in [0.25, 0.3) is 0 Å². The average molecular weight is 316 g/mol. The molecule has 0 bridgehead atoms. The van der Waals surface area contributed by atoms with Crippen molar-refractivity contribution in [2.24, 2.45) is 0 Å². The molecule has 0 spiro atoms. The number of hydrogen-bond acceptors (Lipinski definition) is 4. The van der Waals surface area contributed by atoms with Gasteiger partial charge in [0, 0.05) is 12.5 Å². The van der Waals surface area contributed by atoms with E-state index in [9.17, 15) is 18.0 Å². The van der Waals surface area contributed by atoms with E-state index in [1.54, 1.807) is 13.8 Å². The van der Waals surface area contributed by atoms with Crippen LogP contribution in [-0.2, 0) is 17.5 Å². The molecule has 8 heteroatoms. The predicted octanol–water partition coefficient (Wildman–Crippen LogP) is 3.14. The molecule has 0 amide bonds. The summed E-state index contributed by atoms with van der Waals surface area (Å²) in [5.74, 6) is -0.987. The summed E-state index contributed by atoms with van der Waals surface area (Å²) in [7, 11) is 0. The van der Waals surface area contributed by atoms with E-state index in [4.69, 9.17) is 9.52 Å². The first kappa shape index (κ1) is 16.3. The number of aromatic nitrogens is 1. The number of fused-ring (bicyclic) bond motifs is 1. The molecule has 0 fully saturated rings. The third kappa shape index (κ3) is 3.56. The zero-order valence-corrected chi connectivity index (χ0v) is 12.0. The van der Waals surface area contributed by atoms with Gasteiger partial charge < -0.3 is 14.8 Å². The third-order valence-electron chi connectivity index (χ3n) is 2.97. The van der Waals surface area contributed by atoms with Gasteiger partial charge in [0.1, 0.15) is 11.1 Å². The molecule has 0 saturated heterocycles. The van der Waals surface area contributed by atoms with E-state index >= 15 is 0 Å². The number of oxazole rings is 1. The monoisotopic (exact) mass is 316 g/mol. The Morgan fingerprint density at radius 2 is 2.09 bits per heavy atom. The van der Waals surface area contributed by atoms with Crippen LogP contribution in [-0.4, -0.2) is 22.6 Å². The van der Waals surface area contributed by atoms with Crippen LogP contribution in [0.1, 0.15) is 36.8 Å². The fourth-order valence-corrected chi connectivity index (χ4v) is 1.98. The van der Waals surface area contributed by atoms with Crippen molar-refractivity contribution < 1.29 is 27.5 Å². The lowest BCUT2D eigenvalue weighted by Crippen LogP contribution is -2.22. The summed E-state index contributed by atoms with van der Waals surface area (Å²) in [5.41, 5.74) is -0.787. The molecule has 0 aliphatic heterocycles. The van der Waals surface area contributed by atoms with Gasteiger partial charge >= 0.3 is 12.1 Å². The highest BCUT2D eigenvalue weighted by Gasteiger charge is 2.35. The number of aliphatic carboxylic acids is 1. The first-order valence-corrected chi connectivity index (χ1v) is 6.61. The normalized spacial score (nSPS) is 12.3. The van der Waals surface area contributed by atoms with Crippen LogP contribution in [0.25, 0.3) is 11.1 Å². The summed E-state index contributed by atoms with van der Waals surface area (Å²) in [6.07, 6.45) is -4.57. The maximum atomic E-state index is 13.2. The van der Waals surface area contributed by atoms with Crippen LogP contribution >= 0.6 is 0 Å². The topological polar surface area (TPSA) is 75.4 Å². The standard InChI is InChI=1S/C14H15F3N2O3/c1-7(2)13-19-10-4-8(5-18-6-11(20)21)3-9(12(10)22-13)14(15,16)17/h3-4,7,18H,5-6H2,1-2H3,(H,20,21). The largest absolute Gasteiger partial charge is 0.480 e. The van der Waals surface area contributed by atoms with Crippen molar-refractivity contribution in [3.63, 3.8) is 0 Å². The van der Waals surface area contributed by atoms with Gasteiger partial charge in [0.15, 0.2) is 11.5 Å². The first-order chi connectivity index (χ1) is 10.2. The number of benzene rings is 1. The minimum absolute atomic E-state index is 0.00477. The minimum Gasteiger partial charge on any atom is -0.480 e. The Labute approximate surface area is 124 Å². The molecular formula is C14H15F3N2O3. The zero-order chi connectivity index (χ0) is 16.5. The van der Waals surface area contributed by atoms with E-state index in [0.29, 0.717) is 5.56 Å². The van der Waals surface area contributed by atoms with E-state index in [-0.39, 0.29) is 36.0 Å². The number of carboxylic acids is 1. The molecule has 5 nitrogen and oxygen atoms in total. The van der Waals surface area contributed by atoms with Gasteiger partial charge in [-0.2, -0.15) is 13.2 Å². The first-order valence-electron chi connectivity index (χ1n) is 6.61. The number of carbonyl (C=O) groups is 1. The molecule has 1 heterocycles. The molecule has 1 aromatic heterocycles. The van der Waals surface area contributed by atoms with E-state index < -0.39 is 17.7 Å². The van der Waals surface area contributed by atoms with E-state index in [0.717, 1.165) is 6.07 Å². The molecule has 0 saturated carbocycles. The molecule has 0 atom stereocenters. The quantitative estimate of drug-likeness (QED) is 0.886. The highest BCUT2D eigenvalue weighted by molar-refractivity contribution is 5.78. The molecule has 2 N–H and O–H groups in total. The fraction of sp³-hybridized carbons (Fsp3) is 0.429. The zero-order valence-electron chi connectivity index (χ0n) is 12.0. The Bertz CT molecular complexity index is 692. The lowest BCUT2D eigenvalue weighted by molar-refractivity contribution is -0.137. The number of nitrogens with one attached hydrogen (secondary N) is 1. The molecule has 2 aromatic rings. The van der Waals surface area contributed by atoms with Crippen LogP contribution in [0.2, 0.25) is 0 Å². The van der Waals surface area contributed by atoms with Gasteiger partial charge in [-0.15, -0.1) is 0 Å². The van der Waals surface area contributed by atoms with E-state index in [1.807, 2.05) is 0 Å². The molecule has 1 aromatic carbocycles. The maximum Gasteiger partial charge on any atom is 0.420 e. The molecule has 22 heavy (non-hydrogen) atoms. The van der Waals surface area contributed by atoms with Crippen LogP contribution in [0, 0.1) is 0 Å². The maximum absolute atomic E-state index is 13.2. The second-order valence-electron chi connectivity index (χ2n) is 5.19. The van der Waals surface area contributed by atoms with Crippen LogP contribution in [0.3, 0.4) is 0 Å². The van der Waals surface area contributed by atoms with Crippen molar-refractivity contribution in [2.75, 3.05) is 6.54 Å². The van der Waals surface area contributed by atoms with Crippen molar-refractivity contribution >= 4 is 17.1 Å². The second kappa shape index (κ2) is 5.96. The van der Waals surface area contributed by atoms with Crippen LogP contribution in [0.5, 0.6) is 0 Å². The number of hydrogen-bond donors (Lipinski definition) is 2. The number of carboxylic acid groups (broad SMARTS) is 1. The smallest absolute Gasteiger partial charge is 0.420 e. The Morgan fingerprint density at radius 1 is 1.41 bits per heavy atom. The summed E-state index contributed by atoms with van der Waals surface area (Å²) in [6.45, 7) is 3.20. The number of rotatable bonds is 5. The van der Waals surface area contributed by atoms with Gasteiger partial charge in [-0.25, -0.2) is 4.98 Å². The van der Waals surface area contributed by atoms with Crippen molar-refractivity contribution in [1.82, 2.24) is 10.3 Å². The SMILES string of the molecule is CC(C)c1nc2cc(CNCC(=O)O)cc(C(F)(F)F)c2o1. The summed E-state index contributed by atoms with van der Waals surface area (Å²) >= 11 is 0. The molecule has 2 rings (SSSR count). The molecule has 0 unspecified atom stereocenters. The molecule has 0 aliphatic carbocycles. The predicted molar refractivity (Wildman–Crippen MR) is 72.4 cm³/mol. The highest BCUT2D eigenvalue weighted by atomic mass is 19.4. The summed E-state index contributed by atoms with van der Waals surface area (Å²) in [5, 5.41) is 11.1. The fourth-order valence-electron chi connectivity index (χ4n) is 1.98. The molecule has 0 radical (unpaired) electrons. The summed E-state index contributed by atoms with van der Waals surface area (Å²) in [6, 6.07) is 2.42. The van der Waals surface area contributed by atoms with Gasteiger partial charge in [-0.3, -0.25) is 4.79 Å². The number of nitrogens with zero attached hydrogens (tertiary/aromatic N) is 1. The Hall–Kier alpha value is -2.09. The average Bonchev–Trinajstić information content (AvgIpc) is 2.80. The van der Waals surface area contributed by atoms with Crippen molar-refractivity contribution in [3.05, 3.63) is 29.2 Å². The van der Waals surface area contributed by atoms with Gasteiger partial charge in [-0.05, 0) is 17.7 Å². The summed E-state index contributed by atoms with van der Waals surface area (Å²) < 4.78 is 44.7. The van der Waals surface area contributed by atoms with Gasteiger partial charge in [0.2, 0.25) is 0 Å². The van der Waals surface area contributed by atoms with Crippen molar-refractivity contribution in [1.29, 1.82) is 0 Å². The van der Waals surface area contributed by atoms with E-state index in [1.165, 1.54) is 6.07 Å². The molecule has 120 valence electrons. The molecular weight excluding hydrogens is 301 g/mol. The van der Waals surface area contributed by atoms with Crippen LogP contribution in [0.4, 0.5) is 13.2 Å². The number of alkyl halides is 3. The molecule has 0 aliphatic rings. The van der Waals surface area contributed by atoms with E-state index in [2.05, 4.69) is 10.3 Å². The summed E-state index contributed by atoms with van der Waals surface area (Å²) in [4.78, 5) is 14.5. The Morgan fingerprint density at radius 3 is 2.64 bits per heavy atom. The van der Waals surface area contributed by atoms with Crippen molar-refractivity contribution in [2.45, 2.75) is 32.5 Å². The van der Waals surface area contributed by atoms with Gasteiger partial charge in [0.05, 0.1) is 6.54 Å². The minimum atomic E-state index is -4.57. The van der Waals surface area contributed by atoms with Crippen LogP contribution in [0.15, 0.2) is 16.5 Å². The van der Waals surface area contributed by atoms with Crippen molar-refractivity contribution in [3.8, 4) is 0 Å². The lowest BCUT2D eigenvalue weighted by Gasteiger charge is -2.09.